The molecule has 1 atom stereocenters. The summed E-state index contributed by atoms with van der Waals surface area (Å²) >= 11 is 0. The molecule has 0 radical (unpaired) electrons. The van der Waals surface area contributed by atoms with E-state index in [4.69, 9.17) is 4.74 Å². The highest BCUT2D eigenvalue weighted by atomic mass is 16.6. The lowest BCUT2D eigenvalue weighted by atomic mass is 10.0. The summed E-state index contributed by atoms with van der Waals surface area (Å²) in [5.41, 5.74) is 0.292. The Morgan fingerprint density at radius 1 is 1.52 bits per heavy atom. The number of hydrogen-bond donors (Lipinski definition) is 1. The maximum absolute atomic E-state index is 11.5. The first kappa shape index (κ1) is 16.6. The van der Waals surface area contributed by atoms with Gasteiger partial charge in [0.1, 0.15) is 11.8 Å². The second-order valence-corrected chi connectivity index (χ2v) is 4.55. The Labute approximate surface area is 122 Å². The number of nitrogens with zero attached hydrogens (tertiary/aromatic N) is 2. The van der Waals surface area contributed by atoms with Crippen molar-refractivity contribution in [3.05, 3.63) is 46.0 Å². The lowest BCUT2D eigenvalue weighted by molar-refractivity contribution is -0.384. The third-order valence-electron chi connectivity index (χ3n) is 2.86. The molecule has 0 bridgehead atoms. The van der Waals surface area contributed by atoms with E-state index in [9.17, 15) is 20.0 Å². The zero-order chi connectivity index (χ0) is 16.2. The summed E-state index contributed by atoms with van der Waals surface area (Å²) in [4.78, 5) is 23.7. The van der Waals surface area contributed by atoms with Gasteiger partial charge in [0.25, 0.3) is 5.69 Å². The number of aliphatic hydroxyl groups is 1. The summed E-state index contributed by atoms with van der Waals surface area (Å²) in [7, 11) is 3.35. The van der Waals surface area contributed by atoms with Gasteiger partial charge in [0.05, 0.1) is 17.1 Å². The number of carbonyl (C=O) groups excluding carboxylic acids is 1. The van der Waals surface area contributed by atoms with Crippen molar-refractivity contribution >= 4 is 17.3 Å². The monoisotopic (exact) mass is 294 g/mol. The number of carbonyl (C=O) groups is 1. The van der Waals surface area contributed by atoms with Crippen LogP contribution in [-0.2, 0) is 9.53 Å². The lowest BCUT2D eigenvalue weighted by Crippen LogP contribution is -2.15. The fourth-order valence-corrected chi connectivity index (χ4v) is 1.77. The van der Waals surface area contributed by atoms with Gasteiger partial charge in [-0.05, 0) is 18.6 Å². The van der Waals surface area contributed by atoms with Gasteiger partial charge in [-0.25, -0.2) is 4.79 Å². The fraction of sp³-hybridized carbons (Fsp3) is 0.357. The van der Waals surface area contributed by atoms with Crippen LogP contribution in [-0.4, -0.2) is 36.7 Å². The Bertz CT molecular complexity index is 568. The molecular formula is C14H18N2O5. The summed E-state index contributed by atoms with van der Waals surface area (Å²) in [6.07, 6.45) is -1.35. The summed E-state index contributed by atoms with van der Waals surface area (Å²) < 4.78 is 4.75. The molecule has 7 nitrogen and oxygen atoms in total. The van der Waals surface area contributed by atoms with Crippen LogP contribution in [0.2, 0.25) is 0 Å². The number of benzene rings is 1. The largest absolute Gasteiger partial charge is 0.463 e. The van der Waals surface area contributed by atoms with Gasteiger partial charge in [-0.1, -0.05) is 12.6 Å². The van der Waals surface area contributed by atoms with E-state index in [2.05, 4.69) is 6.58 Å². The molecule has 21 heavy (non-hydrogen) atoms. The van der Waals surface area contributed by atoms with Gasteiger partial charge >= 0.3 is 5.97 Å². The molecule has 0 saturated carbocycles. The van der Waals surface area contributed by atoms with E-state index >= 15 is 0 Å². The topological polar surface area (TPSA) is 92.9 Å². The Morgan fingerprint density at radius 3 is 2.62 bits per heavy atom. The molecule has 1 aromatic rings. The van der Waals surface area contributed by atoms with E-state index in [1.165, 1.54) is 18.2 Å². The molecule has 0 aliphatic carbocycles. The van der Waals surface area contributed by atoms with Crippen LogP contribution < -0.4 is 4.90 Å². The van der Waals surface area contributed by atoms with Gasteiger partial charge in [0, 0.05) is 20.2 Å². The molecule has 0 spiro atoms. The summed E-state index contributed by atoms with van der Waals surface area (Å²) in [5, 5.41) is 21.2. The predicted octanol–water partition coefficient (Wildman–Crippen LogP) is 1.81. The second kappa shape index (κ2) is 6.85. The molecule has 7 heteroatoms. The molecule has 1 aromatic carbocycles. The van der Waals surface area contributed by atoms with Crippen LogP contribution >= 0.6 is 0 Å². The number of anilines is 1. The molecule has 0 fully saturated rings. The van der Waals surface area contributed by atoms with Gasteiger partial charge < -0.3 is 14.7 Å². The van der Waals surface area contributed by atoms with Crippen molar-refractivity contribution in [2.24, 2.45) is 0 Å². The predicted molar refractivity (Wildman–Crippen MR) is 78.2 cm³/mol. The summed E-state index contributed by atoms with van der Waals surface area (Å²) in [5.74, 6) is -0.732. The smallest absolute Gasteiger partial charge is 0.336 e. The van der Waals surface area contributed by atoms with E-state index in [0.29, 0.717) is 5.69 Å². The van der Waals surface area contributed by atoms with Crippen molar-refractivity contribution < 1.29 is 19.6 Å². The minimum atomic E-state index is -1.35. The number of rotatable bonds is 6. The molecule has 114 valence electrons. The maximum atomic E-state index is 11.5. The van der Waals surface area contributed by atoms with Crippen LogP contribution in [0.25, 0.3) is 0 Å². The molecule has 0 saturated heterocycles. The minimum Gasteiger partial charge on any atom is -0.463 e. The van der Waals surface area contributed by atoms with Crippen LogP contribution in [0.15, 0.2) is 30.4 Å². The average molecular weight is 294 g/mol. The number of ether oxygens (including phenoxy) is 1. The van der Waals surface area contributed by atoms with Crippen molar-refractivity contribution in [1.29, 1.82) is 0 Å². The van der Waals surface area contributed by atoms with Crippen LogP contribution in [0, 0.1) is 10.1 Å². The Balaban J connectivity index is 3.14. The Kier molecular flexibility index (Phi) is 5.43. The van der Waals surface area contributed by atoms with Crippen LogP contribution in [0.5, 0.6) is 0 Å². The molecule has 0 aliphatic rings. The third kappa shape index (κ3) is 3.79. The molecule has 0 aliphatic heterocycles. The maximum Gasteiger partial charge on any atom is 0.336 e. The van der Waals surface area contributed by atoms with Crippen molar-refractivity contribution in [2.45, 2.75) is 13.0 Å². The van der Waals surface area contributed by atoms with E-state index in [0.717, 1.165) is 0 Å². The van der Waals surface area contributed by atoms with Gasteiger partial charge in [0.15, 0.2) is 0 Å². The average Bonchev–Trinajstić information content (AvgIpc) is 2.45. The molecule has 1 N–H and O–H groups in total. The fourth-order valence-electron chi connectivity index (χ4n) is 1.77. The van der Waals surface area contributed by atoms with Crippen LogP contribution in [0.1, 0.15) is 18.6 Å². The van der Waals surface area contributed by atoms with Crippen LogP contribution in [0.4, 0.5) is 11.4 Å². The van der Waals surface area contributed by atoms with Gasteiger partial charge in [-0.15, -0.1) is 0 Å². The lowest BCUT2D eigenvalue weighted by Gasteiger charge is -2.16. The van der Waals surface area contributed by atoms with Crippen molar-refractivity contribution in [3.63, 3.8) is 0 Å². The number of hydrogen-bond acceptors (Lipinski definition) is 6. The quantitative estimate of drug-likeness (QED) is 0.372. The number of esters is 1. The highest BCUT2D eigenvalue weighted by Crippen LogP contribution is 2.31. The normalized spacial score (nSPS) is 11.6. The second-order valence-electron chi connectivity index (χ2n) is 4.55. The zero-order valence-electron chi connectivity index (χ0n) is 12.2. The van der Waals surface area contributed by atoms with Crippen molar-refractivity contribution in [3.8, 4) is 0 Å². The third-order valence-corrected chi connectivity index (χ3v) is 2.86. The Morgan fingerprint density at radius 2 is 2.14 bits per heavy atom. The molecule has 0 aromatic heterocycles. The SMILES string of the molecule is C=C(C(=O)OCC)C(O)c1ccc(N(C)C)c([N+](=O)[O-])c1. The summed E-state index contributed by atoms with van der Waals surface area (Å²) in [6, 6.07) is 4.25. The van der Waals surface area contributed by atoms with E-state index < -0.39 is 17.0 Å². The van der Waals surface area contributed by atoms with E-state index in [1.807, 2.05) is 0 Å². The molecule has 1 rings (SSSR count). The first-order valence-corrected chi connectivity index (χ1v) is 6.29. The van der Waals surface area contributed by atoms with E-state index in [-0.39, 0.29) is 23.4 Å². The number of aliphatic hydroxyl groups excluding tert-OH is 1. The standard InChI is InChI=1S/C14H18N2O5/c1-5-21-14(18)9(2)13(17)10-6-7-11(15(3)4)12(8-10)16(19)20/h6-8,13,17H,2,5H2,1,3-4H3. The first-order valence-electron chi connectivity index (χ1n) is 6.29. The van der Waals surface area contributed by atoms with Crippen LogP contribution in [0.3, 0.4) is 0 Å². The minimum absolute atomic E-state index is 0.157. The summed E-state index contributed by atoms with van der Waals surface area (Å²) in [6.45, 7) is 5.27. The Hall–Kier alpha value is -2.41. The van der Waals surface area contributed by atoms with Gasteiger partial charge in [-0.3, -0.25) is 10.1 Å². The highest BCUT2D eigenvalue weighted by molar-refractivity contribution is 5.89. The van der Waals surface area contributed by atoms with Gasteiger partial charge in [-0.2, -0.15) is 0 Å². The first-order chi connectivity index (χ1) is 9.79. The zero-order valence-corrected chi connectivity index (χ0v) is 12.2. The van der Waals surface area contributed by atoms with Gasteiger partial charge in [0.2, 0.25) is 0 Å². The van der Waals surface area contributed by atoms with Crippen molar-refractivity contribution in [1.82, 2.24) is 0 Å². The highest BCUT2D eigenvalue weighted by Gasteiger charge is 2.23. The molecule has 0 heterocycles. The van der Waals surface area contributed by atoms with E-state index in [1.54, 1.807) is 25.9 Å². The number of nitro groups is 1. The molecular weight excluding hydrogens is 276 g/mol. The molecule has 0 amide bonds. The van der Waals surface area contributed by atoms with Crippen molar-refractivity contribution in [2.75, 3.05) is 25.6 Å². The number of nitro benzene ring substituents is 1. The molecule has 1 unspecified atom stereocenters.